The van der Waals surface area contributed by atoms with Crippen LogP contribution in [-0.2, 0) is 25.7 Å². The van der Waals surface area contributed by atoms with E-state index in [9.17, 15) is 14.7 Å². The summed E-state index contributed by atoms with van der Waals surface area (Å²) in [5.74, 6) is -0.720. The molecule has 0 radical (unpaired) electrons. The van der Waals surface area contributed by atoms with Crippen LogP contribution in [0.4, 0.5) is 5.69 Å². The minimum atomic E-state index is -1.02. The van der Waals surface area contributed by atoms with Gasteiger partial charge >= 0.3 is 5.97 Å². The van der Waals surface area contributed by atoms with Crippen molar-refractivity contribution in [2.45, 2.75) is 55.6 Å². The summed E-state index contributed by atoms with van der Waals surface area (Å²) in [6.07, 6.45) is -0.720. The number of ether oxygens (including phenoxy) is 2. The van der Waals surface area contributed by atoms with Gasteiger partial charge in [0, 0.05) is 29.8 Å². The van der Waals surface area contributed by atoms with Crippen LogP contribution in [0.5, 0.6) is 0 Å². The van der Waals surface area contributed by atoms with Crippen molar-refractivity contribution in [3.63, 3.8) is 0 Å². The molecule has 3 aromatic rings. The van der Waals surface area contributed by atoms with Gasteiger partial charge in [-0.25, -0.2) is 0 Å². The Morgan fingerprint density at radius 2 is 1.92 bits per heavy atom. The molecule has 11 heteroatoms. The lowest BCUT2D eigenvalue weighted by Gasteiger charge is -2.36. The number of carbonyl (C=O) groups is 2. The van der Waals surface area contributed by atoms with E-state index in [1.807, 2.05) is 37.3 Å². The van der Waals surface area contributed by atoms with Gasteiger partial charge in [-0.15, -0.1) is 10.2 Å². The fourth-order valence-electron chi connectivity index (χ4n) is 3.73. The zero-order valence-electron chi connectivity index (χ0n) is 19.6. The van der Waals surface area contributed by atoms with Crippen molar-refractivity contribution >= 4 is 40.7 Å². The molecule has 3 atom stereocenters. The Morgan fingerprint density at radius 3 is 2.61 bits per heavy atom. The number of aliphatic hydroxyl groups is 1. The fourth-order valence-corrected chi connectivity index (χ4v) is 5.59. The molecule has 4 rings (SSSR count). The zero-order valence-corrected chi connectivity index (χ0v) is 21.3. The SMILES string of the molecule is Cc1nnc(SC[C@@H]2C[C@H](c3ccc(CO)cc3)O[C@H](c3cccc(NC(=O)CCC(=O)O)c3)O2)s1. The summed E-state index contributed by atoms with van der Waals surface area (Å²) in [6.45, 7) is 1.89. The molecule has 0 saturated carbocycles. The van der Waals surface area contributed by atoms with Crippen LogP contribution >= 0.6 is 23.1 Å². The van der Waals surface area contributed by atoms with E-state index in [0.717, 1.165) is 26.0 Å². The molecule has 36 heavy (non-hydrogen) atoms. The van der Waals surface area contributed by atoms with Crippen LogP contribution in [0.2, 0.25) is 0 Å². The molecule has 190 valence electrons. The van der Waals surface area contributed by atoms with Gasteiger partial charge in [0.15, 0.2) is 10.6 Å². The normalized spacial score (nSPS) is 19.7. The van der Waals surface area contributed by atoms with Gasteiger partial charge in [0.2, 0.25) is 5.91 Å². The highest BCUT2D eigenvalue weighted by Gasteiger charge is 2.32. The molecule has 0 spiro atoms. The molecular formula is C25H27N3O6S2. The van der Waals surface area contributed by atoms with E-state index in [2.05, 4.69) is 15.5 Å². The van der Waals surface area contributed by atoms with Crippen molar-refractivity contribution in [2.24, 2.45) is 0 Å². The molecular weight excluding hydrogens is 502 g/mol. The van der Waals surface area contributed by atoms with Gasteiger partial charge in [0.1, 0.15) is 5.01 Å². The molecule has 0 aliphatic carbocycles. The van der Waals surface area contributed by atoms with Crippen molar-refractivity contribution in [2.75, 3.05) is 11.1 Å². The maximum Gasteiger partial charge on any atom is 0.303 e. The lowest BCUT2D eigenvalue weighted by atomic mass is 10.0. The quantitative estimate of drug-likeness (QED) is 0.325. The van der Waals surface area contributed by atoms with Crippen LogP contribution in [0, 0.1) is 6.92 Å². The van der Waals surface area contributed by atoms with Gasteiger partial charge in [-0.3, -0.25) is 9.59 Å². The average molecular weight is 530 g/mol. The Kier molecular flexibility index (Phi) is 9.05. The second kappa shape index (κ2) is 12.4. The predicted octanol–water partition coefficient (Wildman–Crippen LogP) is 4.48. The lowest BCUT2D eigenvalue weighted by Crippen LogP contribution is -2.31. The Morgan fingerprint density at radius 1 is 1.11 bits per heavy atom. The average Bonchev–Trinajstić information content (AvgIpc) is 3.31. The number of nitrogens with one attached hydrogen (secondary N) is 1. The predicted molar refractivity (Wildman–Crippen MR) is 136 cm³/mol. The zero-order chi connectivity index (χ0) is 25.5. The highest BCUT2D eigenvalue weighted by atomic mass is 32.2. The lowest BCUT2D eigenvalue weighted by molar-refractivity contribution is -0.245. The van der Waals surface area contributed by atoms with Crippen LogP contribution in [0.1, 0.15) is 53.4 Å². The number of aliphatic carboxylic acids is 1. The molecule has 9 nitrogen and oxygen atoms in total. The fraction of sp³-hybridized carbons (Fsp3) is 0.360. The van der Waals surface area contributed by atoms with Crippen LogP contribution in [0.25, 0.3) is 0 Å². The first-order valence-electron chi connectivity index (χ1n) is 11.4. The summed E-state index contributed by atoms with van der Waals surface area (Å²) in [7, 11) is 0. The minimum Gasteiger partial charge on any atom is -0.481 e. The molecule has 1 aliphatic heterocycles. The number of thioether (sulfide) groups is 1. The van der Waals surface area contributed by atoms with E-state index in [0.29, 0.717) is 17.9 Å². The number of benzene rings is 2. The number of hydrogen-bond acceptors (Lipinski definition) is 9. The van der Waals surface area contributed by atoms with E-state index in [-0.39, 0.29) is 37.6 Å². The largest absolute Gasteiger partial charge is 0.481 e. The van der Waals surface area contributed by atoms with Gasteiger partial charge in [0.25, 0.3) is 0 Å². The number of aryl methyl sites for hydroxylation is 1. The smallest absolute Gasteiger partial charge is 0.303 e. The van der Waals surface area contributed by atoms with Crippen molar-refractivity contribution in [3.8, 4) is 0 Å². The number of hydrogen-bond donors (Lipinski definition) is 3. The summed E-state index contributed by atoms with van der Waals surface area (Å²) in [5, 5.41) is 30.1. The molecule has 0 unspecified atom stereocenters. The highest BCUT2D eigenvalue weighted by Crippen LogP contribution is 2.40. The monoisotopic (exact) mass is 529 g/mol. The Bertz CT molecular complexity index is 1190. The molecule has 1 saturated heterocycles. The van der Waals surface area contributed by atoms with E-state index in [1.54, 1.807) is 41.3 Å². The number of aliphatic hydroxyl groups excluding tert-OH is 1. The molecule has 1 aliphatic rings. The van der Waals surface area contributed by atoms with E-state index in [1.165, 1.54) is 0 Å². The molecule has 0 bridgehead atoms. The minimum absolute atomic E-state index is 0.0248. The topological polar surface area (TPSA) is 131 Å². The number of carboxylic acids is 1. The Hall–Kier alpha value is -2.83. The Balaban J connectivity index is 1.50. The first-order chi connectivity index (χ1) is 17.4. The van der Waals surface area contributed by atoms with Crippen LogP contribution in [0.15, 0.2) is 52.9 Å². The highest BCUT2D eigenvalue weighted by molar-refractivity contribution is 8.01. The van der Waals surface area contributed by atoms with Crippen molar-refractivity contribution in [1.29, 1.82) is 0 Å². The first kappa shape index (κ1) is 26.2. The second-order valence-corrected chi connectivity index (χ2v) is 10.8. The number of anilines is 1. The number of aromatic nitrogens is 2. The maximum atomic E-state index is 12.1. The van der Waals surface area contributed by atoms with Crippen LogP contribution in [-0.4, -0.2) is 44.1 Å². The van der Waals surface area contributed by atoms with Gasteiger partial charge in [-0.1, -0.05) is 59.5 Å². The third kappa shape index (κ3) is 7.34. The van der Waals surface area contributed by atoms with E-state index in [4.69, 9.17) is 14.6 Å². The standard InChI is InChI=1S/C25H27N3O6S2/c1-15-27-28-25(36-15)35-14-20-12-21(17-7-5-16(13-29)6-8-17)34-24(33-20)18-3-2-4-19(11-18)26-22(30)9-10-23(31)32/h2-8,11,20-21,24,29H,9-10,12-14H2,1H3,(H,26,30)(H,31,32)/t20-,21+,24+/m0/s1. The summed E-state index contributed by atoms with van der Waals surface area (Å²) in [6, 6.07) is 14.8. The summed E-state index contributed by atoms with van der Waals surface area (Å²) in [4.78, 5) is 22.8. The van der Waals surface area contributed by atoms with Gasteiger partial charge in [-0.2, -0.15) is 0 Å². The number of carboxylic acid groups (broad SMARTS) is 1. The van der Waals surface area contributed by atoms with Gasteiger partial charge in [-0.05, 0) is 30.2 Å². The number of amides is 1. The van der Waals surface area contributed by atoms with Gasteiger partial charge in [0.05, 0.1) is 25.2 Å². The van der Waals surface area contributed by atoms with Crippen LogP contribution < -0.4 is 5.32 Å². The van der Waals surface area contributed by atoms with E-state index < -0.39 is 12.3 Å². The molecule has 2 aromatic carbocycles. The second-order valence-electron chi connectivity index (χ2n) is 8.32. The number of rotatable bonds is 10. The molecule has 1 aromatic heterocycles. The number of carbonyl (C=O) groups excluding carboxylic acids is 1. The Labute approximate surface area is 216 Å². The van der Waals surface area contributed by atoms with E-state index >= 15 is 0 Å². The molecule has 1 amide bonds. The first-order valence-corrected chi connectivity index (χ1v) is 13.2. The third-order valence-corrected chi connectivity index (χ3v) is 7.63. The number of nitrogens with zero attached hydrogens (tertiary/aromatic N) is 2. The van der Waals surface area contributed by atoms with Crippen LogP contribution in [0.3, 0.4) is 0 Å². The van der Waals surface area contributed by atoms with Crippen molar-refractivity contribution in [3.05, 3.63) is 70.2 Å². The maximum absolute atomic E-state index is 12.1. The third-order valence-electron chi connectivity index (χ3n) is 5.52. The van der Waals surface area contributed by atoms with Crippen molar-refractivity contribution < 1.29 is 29.3 Å². The molecule has 1 fully saturated rings. The molecule has 3 N–H and O–H groups in total. The summed E-state index contributed by atoms with van der Waals surface area (Å²) >= 11 is 3.14. The summed E-state index contributed by atoms with van der Waals surface area (Å²) < 4.78 is 13.6. The molecule has 2 heterocycles. The summed E-state index contributed by atoms with van der Waals surface area (Å²) in [5.41, 5.74) is 3.09. The van der Waals surface area contributed by atoms with Crippen molar-refractivity contribution in [1.82, 2.24) is 10.2 Å². The van der Waals surface area contributed by atoms with Gasteiger partial charge < -0.3 is 25.0 Å².